The number of hydrogen-bond donors (Lipinski definition) is 1. The zero-order chi connectivity index (χ0) is 13.1. The van der Waals surface area contributed by atoms with E-state index in [1.165, 1.54) is 5.56 Å². The fourth-order valence-electron chi connectivity index (χ4n) is 1.89. The van der Waals surface area contributed by atoms with Gasteiger partial charge >= 0.3 is 0 Å². The smallest absolute Gasteiger partial charge is 0.0423 e. The van der Waals surface area contributed by atoms with Crippen molar-refractivity contribution >= 4 is 31.9 Å². The number of nitrogens with two attached hydrogens (primary N) is 1. The summed E-state index contributed by atoms with van der Waals surface area (Å²) >= 11 is 6.91. The van der Waals surface area contributed by atoms with Gasteiger partial charge in [-0.1, -0.05) is 28.1 Å². The van der Waals surface area contributed by atoms with Crippen LogP contribution in [0.4, 0.5) is 0 Å². The molecule has 4 heteroatoms. The standard InChI is InChI=1S/C14H14Br2N2/c1-9-12(3-2-4-13(9)16)14(17)7-11-6-5-10(15)8-18-11/h2-6,8,14H,7,17H2,1H3. The Kier molecular flexibility index (Phi) is 4.54. The normalized spacial score (nSPS) is 12.4. The van der Waals surface area contributed by atoms with E-state index in [9.17, 15) is 0 Å². The summed E-state index contributed by atoms with van der Waals surface area (Å²) < 4.78 is 2.08. The second-order valence-corrected chi connectivity index (χ2v) is 6.00. The maximum absolute atomic E-state index is 6.26. The molecule has 0 bridgehead atoms. The molecular formula is C14H14Br2N2. The summed E-state index contributed by atoms with van der Waals surface area (Å²) in [5.74, 6) is 0. The number of rotatable bonds is 3. The van der Waals surface area contributed by atoms with Crippen LogP contribution in [0.2, 0.25) is 0 Å². The van der Waals surface area contributed by atoms with E-state index >= 15 is 0 Å². The number of benzene rings is 1. The molecule has 0 fully saturated rings. The van der Waals surface area contributed by atoms with E-state index in [0.717, 1.165) is 26.6 Å². The van der Waals surface area contributed by atoms with Crippen molar-refractivity contribution in [1.82, 2.24) is 4.98 Å². The van der Waals surface area contributed by atoms with E-state index in [0.29, 0.717) is 0 Å². The van der Waals surface area contributed by atoms with Gasteiger partial charge in [-0.2, -0.15) is 0 Å². The van der Waals surface area contributed by atoms with Crippen LogP contribution in [0.5, 0.6) is 0 Å². The molecule has 1 atom stereocenters. The van der Waals surface area contributed by atoms with Gasteiger partial charge in [-0.05, 0) is 52.2 Å². The fourth-order valence-corrected chi connectivity index (χ4v) is 2.50. The van der Waals surface area contributed by atoms with Crippen molar-refractivity contribution in [2.75, 3.05) is 0 Å². The van der Waals surface area contributed by atoms with Crippen molar-refractivity contribution < 1.29 is 0 Å². The molecule has 1 heterocycles. The minimum atomic E-state index is -0.0313. The average molecular weight is 370 g/mol. The summed E-state index contributed by atoms with van der Waals surface area (Å²) in [5, 5.41) is 0. The first-order valence-corrected chi connectivity index (χ1v) is 7.27. The van der Waals surface area contributed by atoms with Gasteiger partial charge in [0.05, 0.1) is 0 Å². The summed E-state index contributed by atoms with van der Waals surface area (Å²) in [5.41, 5.74) is 9.62. The molecule has 0 radical (unpaired) electrons. The van der Waals surface area contributed by atoms with Crippen molar-refractivity contribution in [3.8, 4) is 0 Å². The lowest BCUT2D eigenvalue weighted by Crippen LogP contribution is -2.15. The summed E-state index contributed by atoms with van der Waals surface area (Å²) in [6.07, 6.45) is 2.54. The minimum Gasteiger partial charge on any atom is -0.324 e. The van der Waals surface area contributed by atoms with Gasteiger partial charge in [0, 0.05) is 33.3 Å². The monoisotopic (exact) mass is 368 g/mol. The van der Waals surface area contributed by atoms with E-state index in [4.69, 9.17) is 5.73 Å². The fraction of sp³-hybridized carbons (Fsp3) is 0.214. The van der Waals surface area contributed by atoms with Crippen LogP contribution >= 0.6 is 31.9 Å². The molecule has 2 aromatic rings. The largest absolute Gasteiger partial charge is 0.324 e. The third-order valence-corrected chi connectivity index (χ3v) is 4.25. The highest BCUT2D eigenvalue weighted by Crippen LogP contribution is 2.25. The summed E-state index contributed by atoms with van der Waals surface area (Å²) in [4.78, 5) is 4.36. The third-order valence-electron chi connectivity index (χ3n) is 2.93. The van der Waals surface area contributed by atoms with Gasteiger partial charge in [0.25, 0.3) is 0 Å². The zero-order valence-electron chi connectivity index (χ0n) is 10.0. The second kappa shape index (κ2) is 5.95. The van der Waals surface area contributed by atoms with Gasteiger partial charge < -0.3 is 5.73 Å². The Morgan fingerprint density at radius 3 is 2.67 bits per heavy atom. The molecule has 2 N–H and O–H groups in total. The van der Waals surface area contributed by atoms with Gasteiger partial charge in [-0.25, -0.2) is 0 Å². The van der Waals surface area contributed by atoms with E-state index in [2.05, 4.69) is 49.8 Å². The molecule has 2 rings (SSSR count). The van der Waals surface area contributed by atoms with Crippen molar-refractivity contribution in [2.45, 2.75) is 19.4 Å². The van der Waals surface area contributed by atoms with E-state index in [1.54, 1.807) is 6.20 Å². The summed E-state index contributed by atoms with van der Waals surface area (Å²) in [6, 6.07) is 10.1. The number of aromatic nitrogens is 1. The van der Waals surface area contributed by atoms with Gasteiger partial charge in [-0.3, -0.25) is 4.98 Å². The van der Waals surface area contributed by atoms with E-state index in [-0.39, 0.29) is 6.04 Å². The molecular weight excluding hydrogens is 356 g/mol. The maximum atomic E-state index is 6.26. The number of nitrogens with zero attached hydrogens (tertiary/aromatic N) is 1. The van der Waals surface area contributed by atoms with Crippen LogP contribution in [-0.4, -0.2) is 4.98 Å². The molecule has 0 saturated carbocycles. The van der Waals surface area contributed by atoms with Gasteiger partial charge in [-0.15, -0.1) is 0 Å². The SMILES string of the molecule is Cc1c(Br)cccc1C(N)Cc1ccc(Br)cn1. The second-order valence-electron chi connectivity index (χ2n) is 4.23. The molecule has 2 nitrogen and oxygen atoms in total. The van der Waals surface area contributed by atoms with Crippen molar-refractivity contribution in [2.24, 2.45) is 5.73 Å². The molecule has 1 unspecified atom stereocenters. The number of pyridine rings is 1. The Balaban J connectivity index is 2.19. The van der Waals surface area contributed by atoms with Crippen LogP contribution in [0.3, 0.4) is 0 Å². The van der Waals surface area contributed by atoms with Crippen LogP contribution in [-0.2, 0) is 6.42 Å². The highest BCUT2D eigenvalue weighted by atomic mass is 79.9. The van der Waals surface area contributed by atoms with Crippen LogP contribution in [0.1, 0.15) is 22.9 Å². The Hall–Kier alpha value is -0.710. The number of halogens is 2. The Morgan fingerprint density at radius 1 is 1.22 bits per heavy atom. The lowest BCUT2D eigenvalue weighted by Gasteiger charge is -2.15. The maximum Gasteiger partial charge on any atom is 0.0423 e. The molecule has 0 spiro atoms. The molecule has 1 aromatic heterocycles. The Labute approximate surface area is 124 Å². The van der Waals surface area contributed by atoms with E-state index < -0.39 is 0 Å². The van der Waals surface area contributed by atoms with Crippen LogP contribution in [0, 0.1) is 6.92 Å². The van der Waals surface area contributed by atoms with Crippen LogP contribution < -0.4 is 5.73 Å². The predicted octanol–water partition coefficient (Wildman–Crippen LogP) is 4.16. The molecule has 0 aliphatic carbocycles. The molecule has 1 aromatic carbocycles. The summed E-state index contributed by atoms with van der Waals surface area (Å²) in [7, 11) is 0. The topological polar surface area (TPSA) is 38.9 Å². The highest BCUT2D eigenvalue weighted by Gasteiger charge is 2.11. The van der Waals surface area contributed by atoms with Crippen molar-refractivity contribution in [3.63, 3.8) is 0 Å². The van der Waals surface area contributed by atoms with Crippen molar-refractivity contribution in [3.05, 3.63) is 62.3 Å². The van der Waals surface area contributed by atoms with Crippen LogP contribution in [0.15, 0.2) is 45.5 Å². The first kappa shape index (κ1) is 13.7. The van der Waals surface area contributed by atoms with Gasteiger partial charge in [0.1, 0.15) is 0 Å². The van der Waals surface area contributed by atoms with Crippen molar-refractivity contribution in [1.29, 1.82) is 0 Å². The summed E-state index contributed by atoms with van der Waals surface area (Å²) in [6.45, 7) is 2.08. The molecule has 94 valence electrons. The first-order chi connectivity index (χ1) is 8.58. The Morgan fingerprint density at radius 2 is 2.00 bits per heavy atom. The molecule has 0 aliphatic heterocycles. The zero-order valence-corrected chi connectivity index (χ0v) is 13.2. The lowest BCUT2D eigenvalue weighted by atomic mass is 9.98. The Bertz CT molecular complexity index is 538. The van der Waals surface area contributed by atoms with Gasteiger partial charge in [0.2, 0.25) is 0 Å². The highest BCUT2D eigenvalue weighted by molar-refractivity contribution is 9.10. The lowest BCUT2D eigenvalue weighted by molar-refractivity contribution is 0.701. The molecule has 0 aliphatic rings. The van der Waals surface area contributed by atoms with Gasteiger partial charge in [0.15, 0.2) is 0 Å². The average Bonchev–Trinajstić information content (AvgIpc) is 2.35. The van der Waals surface area contributed by atoms with E-state index in [1.807, 2.05) is 24.3 Å². The third kappa shape index (κ3) is 3.19. The predicted molar refractivity (Wildman–Crippen MR) is 81.4 cm³/mol. The molecule has 0 saturated heterocycles. The quantitative estimate of drug-likeness (QED) is 0.882. The minimum absolute atomic E-state index is 0.0313. The molecule has 0 amide bonds. The first-order valence-electron chi connectivity index (χ1n) is 5.69. The number of hydrogen-bond acceptors (Lipinski definition) is 2. The molecule has 18 heavy (non-hydrogen) atoms. The van der Waals surface area contributed by atoms with Crippen LogP contribution in [0.25, 0.3) is 0 Å².